The van der Waals surface area contributed by atoms with E-state index in [0.717, 1.165) is 0 Å². The van der Waals surface area contributed by atoms with Gasteiger partial charge in [-0.3, -0.25) is 19.6 Å². The number of rotatable bonds is 4. The van der Waals surface area contributed by atoms with Crippen LogP contribution in [0.3, 0.4) is 0 Å². The van der Waals surface area contributed by atoms with Gasteiger partial charge in [-0.25, -0.2) is 0 Å². The summed E-state index contributed by atoms with van der Waals surface area (Å²) in [7, 11) is -0.231. The predicted octanol–water partition coefficient (Wildman–Crippen LogP) is -0.734. The number of aliphatic imine (C=N–C) groups is 2. The highest BCUT2D eigenvalue weighted by Crippen LogP contribution is 2.26. The average Bonchev–Trinajstić information content (AvgIpc) is 2.88. The fourth-order valence-corrected chi connectivity index (χ4v) is 1.87. The van der Waals surface area contributed by atoms with Crippen molar-refractivity contribution in [2.75, 3.05) is 0 Å². The molecule has 0 aromatic rings. The molecule has 2 heterocycles. The average molecular weight is 232 g/mol. The Labute approximate surface area is 97.3 Å². The number of hydrogen-bond acceptors (Lipinski definition) is 4. The molecule has 0 aromatic carbocycles. The highest BCUT2D eigenvalue weighted by Gasteiger charge is 2.50. The van der Waals surface area contributed by atoms with Crippen molar-refractivity contribution in [2.24, 2.45) is 9.98 Å². The van der Waals surface area contributed by atoms with Crippen molar-refractivity contribution < 1.29 is 19.8 Å². The lowest BCUT2D eigenvalue weighted by atomic mass is 9.46. The molecule has 2 rings (SSSR count). The highest BCUT2D eigenvalue weighted by atomic mass is 16.4. The number of hydrogen-bond donors (Lipinski definition) is 2. The van der Waals surface area contributed by atoms with E-state index in [0.29, 0.717) is 0 Å². The first-order valence-corrected chi connectivity index (χ1v) is 4.94. The summed E-state index contributed by atoms with van der Waals surface area (Å²) in [6.07, 6.45) is 8.44. The Kier molecular flexibility index (Phi) is 2.46. The van der Waals surface area contributed by atoms with Gasteiger partial charge in [0.15, 0.2) is 0 Å². The first-order valence-electron chi connectivity index (χ1n) is 4.94. The van der Waals surface area contributed by atoms with Crippen molar-refractivity contribution >= 4 is 31.6 Å². The van der Waals surface area contributed by atoms with Crippen molar-refractivity contribution in [1.82, 2.24) is 0 Å². The second-order valence-corrected chi connectivity index (χ2v) is 3.91. The van der Waals surface area contributed by atoms with Crippen molar-refractivity contribution in [3.63, 3.8) is 0 Å². The topological polar surface area (TPSA) is 99.3 Å². The van der Waals surface area contributed by atoms with E-state index >= 15 is 0 Å². The molecule has 0 saturated carbocycles. The molecule has 0 aromatic heterocycles. The minimum absolute atomic E-state index is 0.231. The SMILES string of the molecule is O=C(O)C1(BC2(C(=O)O)C=CC=N2)C=CC=N1. The van der Waals surface area contributed by atoms with Crippen molar-refractivity contribution in [3.8, 4) is 0 Å². The molecular formula is C10H9BN2O4. The lowest BCUT2D eigenvalue weighted by molar-refractivity contribution is -0.139. The van der Waals surface area contributed by atoms with Crippen LogP contribution in [-0.4, -0.2) is 52.7 Å². The third-order valence-electron chi connectivity index (χ3n) is 2.81. The fraction of sp³-hybridized carbons (Fsp3) is 0.200. The maximum atomic E-state index is 11.2. The molecule has 0 fully saturated rings. The van der Waals surface area contributed by atoms with Crippen LogP contribution in [0.2, 0.25) is 0 Å². The number of aliphatic carboxylic acids is 2. The van der Waals surface area contributed by atoms with E-state index in [4.69, 9.17) is 0 Å². The second kappa shape index (κ2) is 3.69. The van der Waals surface area contributed by atoms with Gasteiger partial charge in [0.05, 0.1) is 0 Å². The highest BCUT2D eigenvalue weighted by molar-refractivity contribution is 6.58. The van der Waals surface area contributed by atoms with Gasteiger partial charge < -0.3 is 10.2 Å². The minimum atomic E-state index is -1.54. The Morgan fingerprint density at radius 1 is 0.941 bits per heavy atom. The van der Waals surface area contributed by atoms with Crippen LogP contribution in [0.5, 0.6) is 0 Å². The van der Waals surface area contributed by atoms with E-state index in [1.54, 1.807) is 0 Å². The molecule has 0 aliphatic carbocycles. The zero-order valence-electron chi connectivity index (χ0n) is 8.78. The molecule has 0 radical (unpaired) electrons. The number of carboxylic acid groups (broad SMARTS) is 2. The summed E-state index contributed by atoms with van der Waals surface area (Å²) in [4.78, 5) is 30.2. The summed E-state index contributed by atoms with van der Waals surface area (Å²) < 4.78 is 0. The number of carbonyl (C=O) groups is 2. The van der Waals surface area contributed by atoms with Crippen LogP contribution < -0.4 is 0 Å². The zero-order valence-corrected chi connectivity index (χ0v) is 8.78. The third kappa shape index (κ3) is 1.69. The number of allylic oxidation sites excluding steroid dienone is 2. The first-order chi connectivity index (χ1) is 8.01. The molecule has 2 unspecified atom stereocenters. The van der Waals surface area contributed by atoms with Crippen molar-refractivity contribution in [2.45, 2.75) is 10.9 Å². The maximum absolute atomic E-state index is 11.2. The van der Waals surface area contributed by atoms with Crippen LogP contribution in [0.4, 0.5) is 0 Å². The molecule has 0 amide bonds. The van der Waals surface area contributed by atoms with E-state index in [2.05, 4.69) is 9.98 Å². The van der Waals surface area contributed by atoms with Gasteiger partial charge in [-0.15, -0.1) is 0 Å². The quantitative estimate of drug-likeness (QED) is 0.623. The van der Waals surface area contributed by atoms with Gasteiger partial charge in [0.2, 0.25) is 7.28 Å². The third-order valence-corrected chi connectivity index (χ3v) is 2.81. The monoisotopic (exact) mass is 232 g/mol. The first kappa shape index (κ1) is 11.3. The smallest absolute Gasteiger partial charge is 0.326 e. The van der Waals surface area contributed by atoms with Gasteiger partial charge >= 0.3 is 11.9 Å². The summed E-state index contributed by atoms with van der Waals surface area (Å²) >= 11 is 0. The van der Waals surface area contributed by atoms with Gasteiger partial charge in [0, 0.05) is 12.4 Å². The van der Waals surface area contributed by atoms with Crippen molar-refractivity contribution in [3.05, 3.63) is 24.3 Å². The van der Waals surface area contributed by atoms with Gasteiger partial charge in [-0.2, -0.15) is 0 Å². The predicted molar refractivity (Wildman–Crippen MR) is 63.1 cm³/mol. The largest absolute Gasteiger partial charge is 0.480 e. The maximum Gasteiger partial charge on any atom is 0.326 e. The molecule has 2 aliphatic rings. The van der Waals surface area contributed by atoms with Crippen LogP contribution in [0.25, 0.3) is 0 Å². The lowest BCUT2D eigenvalue weighted by Crippen LogP contribution is -2.54. The van der Waals surface area contributed by atoms with E-state index in [9.17, 15) is 19.8 Å². The molecule has 2 N–H and O–H groups in total. The zero-order chi connectivity index (χ0) is 12.5. The number of nitrogens with zero attached hydrogens (tertiary/aromatic N) is 2. The van der Waals surface area contributed by atoms with Crippen LogP contribution >= 0.6 is 0 Å². The summed E-state index contributed by atoms with van der Waals surface area (Å²) in [5.74, 6) is -2.36. The van der Waals surface area contributed by atoms with E-state index in [-0.39, 0.29) is 7.28 Å². The van der Waals surface area contributed by atoms with Crippen molar-refractivity contribution in [1.29, 1.82) is 0 Å². The molecule has 0 bridgehead atoms. The molecule has 2 atom stereocenters. The van der Waals surface area contributed by atoms with Crippen LogP contribution in [-0.2, 0) is 9.59 Å². The van der Waals surface area contributed by atoms with Crippen LogP contribution in [0.1, 0.15) is 0 Å². The fourth-order valence-electron chi connectivity index (χ4n) is 1.87. The Hall–Kier alpha value is -2.18. The molecule has 0 saturated heterocycles. The number of carboxylic acids is 2. The van der Waals surface area contributed by atoms with Gasteiger partial charge in [0.25, 0.3) is 0 Å². The second-order valence-electron chi connectivity index (χ2n) is 3.91. The molecule has 0 spiro atoms. The Balaban J connectivity index is 2.36. The molecule has 6 nitrogen and oxygen atoms in total. The van der Waals surface area contributed by atoms with Crippen LogP contribution in [0.15, 0.2) is 34.3 Å². The van der Waals surface area contributed by atoms with E-state index in [1.807, 2.05) is 0 Å². The molecule has 17 heavy (non-hydrogen) atoms. The Bertz CT molecular complexity index is 425. The molecule has 2 aliphatic heterocycles. The molecular weight excluding hydrogens is 223 g/mol. The van der Waals surface area contributed by atoms with E-state index in [1.165, 1.54) is 36.7 Å². The Morgan fingerprint density at radius 2 is 1.35 bits per heavy atom. The van der Waals surface area contributed by atoms with Crippen LogP contribution in [0, 0.1) is 0 Å². The Morgan fingerprint density at radius 3 is 1.59 bits per heavy atom. The normalized spacial score (nSPS) is 33.2. The van der Waals surface area contributed by atoms with Gasteiger partial charge in [0.1, 0.15) is 10.9 Å². The van der Waals surface area contributed by atoms with E-state index < -0.39 is 22.8 Å². The lowest BCUT2D eigenvalue weighted by Gasteiger charge is -2.26. The molecule has 7 heteroatoms. The van der Waals surface area contributed by atoms with Gasteiger partial charge in [-0.1, -0.05) is 12.2 Å². The molecule has 86 valence electrons. The minimum Gasteiger partial charge on any atom is -0.480 e. The summed E-state index contributed by atoms with van der Waals surface area (Å²) in [5.41, 5.74) is -3.07. The standard InChI is InChI=1S/C10H9BN2O4/c14-7(15)9(3-1-5-12-9)11-10(8(16)17)4-2-6-13-10/h1-6,11H,(H,14,15)(H,16,17). The van der Waals surface area contributed by atoms with Gasteiger partial charge in [-0.05, 0) is 12.2 Å². The summed E-state index contributed by atoms with van der Waals surface area (Å²) in [6, 6.07) is 0. The summed E-state index contributed by atoms with van der Waals surface area (Å²) in [5, 5.41) is 18.4. The summed E-state index contributed by atoms with van der Waals surface area (Å²) in [6.45, 7) is 0.